The van der Waals surface area contributed by atoms with Crippen LogP contribution in [0.15, 0.2) is 54.6 Å². The molecule has 2 N–H and O–H groups in total. The van der Waals surface area contributed by atoms with Crippen LogP contribution in [0.5, 0.6) is 5.75 Å². The fraction of sp³-hybridized carbons (Fsp3) is 0.345. The summed E-state index contributed by atoms with van der Waals surface area (Å²) in [6.07, 6.45) is 4.57. The van der Waals surface area contributed by atoms with Crippen molar-refractivity contribution < 1.29 is 19.1 Å². The number of urea groups is 1. The lowest BCUT2D eigenvalue weighted by Crippen LogP contribution is -2.43. The van der Waals surface area contributed by atoms with Crippen molar-refractivity contribution in [3.63, 3.8) is 0 Å². The van der Waals surface area contributed by atoms with Gasteiger partial charge in [0.15, 0.2) is 0 Å². The number of amides is 4. The van der Waals surface area contributed by atoms with Gasteiger partial charge in [-0.25, -0.2) is 4.79 Å². The number of imide groups is 1. The van der Waals surface area contributed by atoms with Gasteiger partial charge in [-0.15, -0.1) is 0 Å². The van der Waals surface area contributed by atoms with Crippen molar-refractivity contribution in [3.8, 4) is 5.75 Å². The van der Waals surface area contributed by atoms with Gasteiger partial charge in [-0.2, -0.15) is 0 Å². The molecular formula is C29H31N3O4. The van der Waals surface area contributed by atoms with E-state index in [-0.39, 0.29) is 18.5 Å². The number of carbonyl (C=O) groups is 3. The van der Waals surface area contributed by atoms with E-state index in [1.165, 1.54) is 24.0 Å². The van der Waals surface area contributed by atoms with Gasteiger partial charge < -0.3 is 15.4 Å². The van der Waals surface area contributed by atoms with Gasteiger partial charge in [0, 0.05) is 0 Å². The Labute approximate surface area is 210 Å². The topological polar surface area (TPSA) is 87.7 Å². The lowest BCUT2D eigenvalue weighted by Gasteiger charge is -2.23. The van der Waals surface area contributed by atoms with E-state index in [4.69, 9.17) is 4.74 Å². The summed E-state index contributed by atoms with van der Waals surface area (Å²) in [7, 11) is 1.61. The molecule has 4 amide bonds. The van der Waals surface area contributed by atoms with Crippen LogP contribution in [-0.2, 0) is 28.0 Å². The number of hydrogen-bond acceptors (Lipinski definition) is 4. The third kappa shape index (κ3) is 4.30. The zero-order valence-electron chi connectivity index (χ0n) is 20.9. The van der Waals surface area contributed by atoms with Crippen LogP contribution in [0.2, 0.25) is 0 Å². The molecule has 0 unspecified atom stereocenters. The van der Waals surface area contributed by atoms with Crippen LogP contribution in [-0.4, -0.2) is 36.4 Å². The van der Waals surface area contributed by atoms with Crippen molar-refractivity contribution in [1.29, 1.82) is 0 Å². The molecule has 0 spiro atoms. The molecule has 5 rings (SSSR count). The lowest BCUT2D eigenvalue weighted by molar-refractivity contribution is -0.135. The number of hydrogen-bond donors (Lipinski definition) is 2. The Bertz CT molecular complexity index is 1370. The van der Waals surface area contributed by atoms with Crippen LogP contribution in [0.1, 0.15) is 55.0 Å². The van der Waals surface area contributed by atoms with Crippen molar-refractivity contribution in [1.82, 2.24) is 15.5 Å². The first-order valence-corrected chi connectivity index (χ1v) is 12.4. The fourth-order valence-electron chi connectivity index (χ4n) is 5.23. The highest BCUT2D eigenvalue weighted by Crippen LogP contribution is 2.32. The molecule has 1 saturated heterocycles. The number of benzene rings is 3. The van der Waals surface area contributed by atoms with Gasteiger partial charge in [-0.05, 0) is 90.8 Å². The Balaban J connectivity index is 1.29. The van der Waals surface area contributed by atoms with E-state index < -0.39 is 17.5 Å². The summed E-state index contributed by atoms with van der Waals surface area (Å²) < 4.78 is 5.28. The average molecular weight is 486 g/mol. The maximum Gasteiger partial charge on any atom is 0.325 e. The van der Waals surface area contributed by atoms with Gasteiger partial charge in [0.1, 0.15) is 17.8 Å². The number of methoxy groups -OCH3 is 1. The maximum atomic E-state index is 13.4. The molecule has 0 saturated carbocycles. The Morgan fingerprint density at radius 1 is 1.03 bits per heavy atom. The van der Waals surface area contributed by atoms with Gasteiger partial charge >= 0.3 is 6.03 Å². The van der Waals surface area contributed by atoms with E-state index in [9.17, 15) is 14.4 Å². The van der Waals surface area contributed by atoms with Gasteiger partial charge in [0.05, 0.1) is 13.2 Å². The number of carbonyl (C=O) groups excluding carboxylic acids is 3. The SMILES string of the molecule is COc1ccc2cc([C@@]3(C)NC(=O)N(CC(=O)N[C@H](C)c4ccc5c(c4)CCCC5)C3=O)ccc2c1. The quantitative estimate of drug-likeness (QED) is 0.508. The van der Waals surface area contributed by atoms with E-state index in [1.54, 1.807) is 14.0 Å². The molecule has 3 aromatic carbocycles. The highest BCUT2D eigenvalue weighted by Gasteiger charge is 2.49. The van der Waals surface area contributed by atoms with Gasteiger partial charge in [-0.1, -0.05) is 36.4 Å². The second kappa shape index (κ2) is 9.30. The minimum Gasteiger partial charge on any atom is -0.497 e. The number of nitrogens with zero attached hydrogens (tertiary/aromatic N) is 1. The predicted molar refractivity (Wildman–Crippen MR) is 138 cm³/mol. The molecule has 3 aromatic rings. The molecule has 186 valence electrons. The Hall–Kier alpha value is -3.87. The van der Waals surface area contributed by atoms with Crippen molar-refractivity contribution in [3.05, 3.63) is 76.9 Å². The third-order valence-electron chi connectivity index (χ3n) is 7.45. The molecule has 36 heavy (non-hydrogen) atoms. The van der Waals surface area contributed by atoms with Crippen molar-refractivity contribution in [2.45, 2.75) is 51.1 Å². The maximum absolute atomic E-state index is 13.4. The summed E-state index contributed by atoms with van der Waals surface area (Å²) in [5, 5.41) is 7.63. The highest BCUT2D eigenvalue weighted by atomic mass is 16.5. The van der Waals surface area contributed by atoms with Crippen LogP contribution in [0.25, 0.3) is 10.8 Å². The van der Waals surface area contributed by atoms with Crippen LogP contribution in [0.4, 0.5) is 4.79 Å². The zero-order chi connectivity index (χ0) is 25.4. The molecule has 2 aliphatic rings. The third-order valence-corrected chi connectivity index (χ3v) is 7.45. The van der Waals surface area contributed by atoms with Crippen LogP contribution in [0, 0.1) is 0 Å². The first-order chi connectivity index (χ1) is 17.3. The van der Waals surface area contributed by atoms with Crippen LogP contribution >= 0.6 is 0 Å². The van der Waals surface area contributed by atoms with E-state index in [0.29, 0.717) is 5.56 Å². The first-order valence-electron chi connectivity index (χ1n) is 12.4. The number of ether oxygens (including phenoxy) is 1. The van der Waals surface area contributed by atoms with E-state index >= 15 is 0 Å². The predicted octanol–water partition coefficient (Wildman–Crippen LogP) is 4.37. The summed E-state index contributed by atoms with van der Waals surface area (Å²) in [5.74, 6) is -0.0796. The Kier molecular flexibility index (Phi) is 6.16. The second-order valence-corrected chi connectivity index (χ2v) is 9.90. The molecule has 0 bridgehead atoms. The lowest BCUT2D eigenvalue weighted by atomic mass is 9.89. The summed E-state index contributed by atoms with van der Waals surface area (Å²) in [6, 6.07) is 16.8. The fourth-order valence-corrected chi connectivity index (χ4v) is 5.23. The number of aryl methyl sites for hydroxylation is 2. The van der Waals surface area contributed by atoms with E-state index in [0.717, 1.165) is 39.8 Å². The van der Waals surface area contributed by atoms with Gasteiger partial charge in [0.2, 0.25) is 5.91 Å². The van der Waals surface area contributed by atoms with Crippen molar-refractivity contribution in [2.75, 3.05) is 13.7 Å². The zero-order valence-corrected chi connectivity index (χ0v) is 20.9. The van der Waals surface area contributed by atoms with Crippen LogP contribution in [0.3, 0.4) is 0 Å². The molecule has 2 atom stereocenters. The summed E-state index contributed by atoms with van der Waals surface area (Å²) >= 11 is 0. The van der Waals surface area contributed by atoms with Crippen molar-refractivity contribution >= 4 is 28.6 Å². The van der Waals surface area contributed by atoms with Crippen molar-refractivity contribution in [2.24, 2.45) is 0 Å². The number of nitrogens with one attached hydrogen (secondary N) is 2. The molecule has 1 aliphatic carbocycles. The van der Waals surface area contributed by atoms with Crippen LogP contribution < -0.4 is 15.4 Å². The number of fused-ring (bicyclic) bond motifs is 2. The second-order valence-electron chi connectivity index (χ2n) is 9.90. The molecule has 1 fully saturated rings. The minimum absolute atomic E-state index is 0.227. The smallest absolute Gasteiger partial charge is 0.325 e. The molecule has 0 aromatic heterocycles. The molecular weight excluding hydrogens is 454 g/mol. The molecule has 1 heterocycles. The monoisotopic (exact) mass is 485 g/mol. The standard InChI is InChI=1S/C29H31N3O4/c1-18(20-9-8-19-6-4-5-7-21(19)14-20)30-26(33)17-32-27(34)29(2,31-28(32)35)24-12-10-23-16-25(36-3)13-11-22(23)15-24/h8-16,18H,4-7,17H2,1-3H3,(H,30,33)(H,31,35)/t18-,29-/m1/s1. The molecule has 0 radical (unpaired) electrons. The first kappa shape index (κ1) is 23.9. The molecule has 1 aliphatic heterocycles. The van der Waals surface area contributed by atoms with Gasteiger partial charge in [-0.3, -0.25) is 14.5 Å². The largest absolute Gasteiger partial charge is 0.497 e. The summed E-state index contributed by atoms with van der Waals surface area (Å²) in [5.41, 5.74) is 3.16. The molecule has 7 heteroatoms. The Morgan fingerprint density at radius 3 is 2.53 bits per heavy atom. The minimum atomic E-state index is -1.25. The molecule has 7 nitrogen and oxygen atoms in total. The number of rotatable bonds is 6. The highest BCUT2D eigenvalue weighted by molar-refractivity contribution is 6.09. The van der Waals surface area contributed by atoms with E-state index in [2.05, 4.69) is 28.8 Å². The normalized spacial score (nSPS) is 20.1. The van der Waals surface area contributed by atoms with E-state index in [1.807, 2.05) is 43.3 Å². The van der Waals surface area contributed by atoms with Gasteiger partial charge in [0.25, 0.3) is 5.91 Å². The Morgan fingerprint density at radius 2 is 1.75 bits per heavy atom. The summed E-state index contributed by atoms with van der Waals surface area (Å²) in [4.78, 5) is 40.0. The average Bonchev–Trinajstić information content (AvgIpc) is 3.11. The summed E-state index contributed by atoms with van der Waals surface area (Å²) in [6.45, 7) is 3.26.